The van der Waals surface area contributed by atoms with E-state index in [2.05, 4.69) is 4.98 Å². The number of hydrogen-bond donors (Lipinski definition) is 1. The highest BCUT2D eigenvalue weighted by Crippen LogP contribution is 2.18. The zero-order valence-electron chi connectivity index (χ0n) is 12.3. The Balaban J connectivity index is 1.83. The summed E-state index contributed by atoms with van der Waals surface area (Å²) in [5, 5.41) is 1.07. The first-order valence-electron chi connectivity index (χ1n) is 7.12. The molecule has 112 valence electrons. The number of ether oxygens (including phenoxy) is 1. The molecule has 1 aromatic carbocycles. The largest absolute Gasteiger partial charge is 0.493 e. The Labute approximate surface area is 124 Å². The van der Waals surface area contributed by atoms with E-state index in [4.69, 9.17) is 10.5 Å². The number of hydrogen-bond acceptors (Lipinski definition) is 4. The Bertz CT molecular complexity index is 601. The number of fused-ring (bicyclic) bond motifs is 1. The van der Waals surface area contributed by atoms with Crippen LogP contribution in [0.25, 0.3) is 10.9 Å². The molecule has 0 fully saturated rings. The number of aromatic nitrogens is 1. The van der Waals surface area contributed by atoms with E-state index in [0.717, 1.165) is 23.1 Å². The van der Waals surface area contributed by atoms with Crippen LogP contribution in [-0.2, 0) is 4.79 Å². The Hall–Kier alpha value is -2.14. The van der Waals surface area contributed by atoms with Crippen LogP contribution in [0, 0.1) is 0 Å². The van der Waals surface area contributed by atoms with Crippen molar-refractivity contribution in [3.63, 3.8) is 0 Å². The molecule has 0 unspecified atom stereocenters. The van der Waals surface area contributed by atoms with Crippen LogP contribution in [0.2, 0.25) is 0 Å². The molecule has 5 nitrogen and oxygen atoms in total. The number of pyridine rings is 1. The molecule has 0 saturated carbocycles. The number of carbonyl (C=O) groups excluding carboxylic acids is 1. The normalized spacial score (nSPS) is 10.6. The topological polar surface area (TPSA) is 68.5 Å². The maximum Gasteiger partial charge on any atom is 0.225 e. The smallest absolute Gasteiger partial charge is 0.225 e. The van der Waals surface area contributed by atoms with Crippen molar-refractivity contribution in [2.75, 3.05) is 26.7 Å². The molecule has 2 N–H and O–H groups in total. The van der Waals surface area contributed by atoms with Crippen LogP contribution < -0.4 is 10.5 Å². The van der Waals surface area contributed by atoms with Crippen molar-refractivity contribution >= 4 is 16.8 Å². The molecule has 0 aliphatic rings. The van der Waals surface area contributed by atoms with Crippen LogP contribution in [0.15, 0.2) is 36.5 Å². The summed E-state index contributed by atoms with van der Waals surface area (Å²) >= 11 is 0. The van der Waals surface area contributed by atoms with Gasteiger partial charge in [0.2, 0.25) is 5.91 Å². The molecule has 0 bridgehead atoms. The van der Waals surface area contributed by atoms with Crippen molar-refractivity contribution in [2.24, 2.45) is 5.73 Å². The number of rotatable bonds is 7. The van der Waals surface area contributed by atoms with E-state index in [1.807, 2.05) is 30.3 Å². The predicted octanol–water partition coefficient (Wildman–Crippen LogP) is 1.81. The van der Waals surface area contributed by atoms with Crippen molar-refractivity contribution in [3.8, 4) is 5.75 Å². The average Bonchev–Trinajstić information content (AvgIpc) is 2.52. The minimum absolute atomic E-state index is 0.0716. The van der Waals surface area contributed by atoms with Gasteiger partial charge in [0, 0.05) is 31.2 Å². The van der Waals surface area contributed by atoms with Crippen LogP contribution in [0.3, 0.4) is 0 Å². The maximum absolute atomic E-state index is 11.8. The fraction of sp³-hybridized carbons (Fsp3) is 0.375. The summed E-state index contributed by atoms with van der Waals surface area (Å²) in [5.41, 5.74) is 6.32. The monoisotopic (exact) mass is 287 g/mol. The van der Waals surface area contributed by atoms with E-state index in [9.17, 15) is 4.79 Å². The van der Waals surface area contributed by atoms with Gasteiger partial charge in [-0.3, -0.25) is 9.78 Å². The maximum atomic E-state index is 11.8. The number of benzene rings is 1. The standard InChI is InChI=1S/C16H21N3O2/c1-19(10-3-8-17)16(20)7-11-21-14-6-5-13-4-2-9-18-15(13)12-14/h2,4-6,9,12H,3,7-8,10-11,17H2,1H3. The highest BCUT2D eigenvalue weighted by molar-refractivity contribution is 5.79. The van der Waals surface area contributed by atoms with E-state index in [-0.39, 0.29) is 5.91 Å². The van der Waals surface area contributed by atoms with Gasteiger partial charge >= 0.3 is 0 Å². The fourth-order valence-corrected chi connectivity index (χ4v) is 2.04. The summed E-state index contributed by atoms with van der Waals surface area (Å²) in [7, 11) is 1.79. The zero-order chi connectivity index (χ0) is 15.1. The lowest BCUT2D eigenvalue weighted by atomic mass is 10.2. The lowest BCUT2D eigenvalue weighted by molar-refractivity contribution is -0.130. The number of nitrogens with two attached hydrogens (primary N) is 1. The second-order valence-corrected chi connectivity index (χ2v) is 4.91. The Morgan fingerprint density at radius 1 is 1.38 bits per heavy atom. The second kappa shape index (κ2) is 7.59. The average molecular weight is 287 g/mol. The molecule has 1 amide bonds. The molecule has 0 aliphatic carbocycles. The molecule has 21 heavy (non-hydrogen) atoms. The Morgan fingerprint density at radius 3 is 3.05 bits per heavy atom. The minimum atomic E-state index is 0.0716. The molecule has 0 atom stereocenters. The first-order chi connectivity index (χ1) is 10.2. The van der Waals surface area contributed by atoms with E-state index in [0.29, 0.717) is 26.1 Å². The number of amides is 1. The lowest BCUT2D eigenvalue weighted by Crippen LogP contribution is -2.29. The van der Waals surface area contributed by atoms with Gasteiger partial charge in [-0.25, -0.2) is 0 Å². The van der Waals surface area contributed by atoms with E-state index >= 15 is 0 Å². The molecule has 1 heterocycles. The Morgan fingerprint density at radius 2 is 2.24 bits per heavy atom. The van der Waals surface area contributed by atoms with Crippen molar-refractivity contribution in [1.29, 1.82) is 0 Å². The van der Waals surface area contributed by atoms with Crippen LogP contribution >= 0.6 is 0 Å². The summed E-state index contributed by atoms with van der Waals surface area (Å²) in [6.45, 7) is 1.65. The van der Waals surface area contributed by atoms with Crippen molar-refractivity contribution < 1.29 is 9.53 Å². The summed E-state index contributed by atoms with van der Waals surface area (Å²) in [6, 6.07) is 9.65. The van der Waals surface area contributed by atoms with Gasteiger partial charge in [0.05, 0.1) is 18.5 Å². The molecule has 2 rings (SSSR count). The van der Waals surface area contributed by atoms with Gasteiger partial charge in [0.1, 0.15) is 5.75 Å². The molecular weight excluding hydrogens is 266 g/mol. The van der Waals surface area contributed by atoms with Gasteiger partial charge < -0.3 is 15.4 Å². The summed E-state index contributed by atoms with van der Waals surface area (Å²) < 4.78 is 5.63. The van der Waals surface area contributed by atoms with Crippen LogP contribution in [0.5, 0.6) is 5.75 Å². The van der Waals surface area contributed by atoms with E-state index < -0.39 is 0 Å². The van der Waals surface area contributed by atoms with E-state index in [1.54, 1.807) is 18.1 Å². The van der Waals surface area contributed by atoms with Crippen LogP contribution in [0.1, 0.15) is 12.8 Å². The molecule has 0 radical (unpaired) electrons. The third kappa shape index (κ3) is 4.43. The van der Waals surface area contributed by atoms with Crippen molar-refractivity contribution in [1.82, 2.24) is 9.88 Å². The van der Waals surface area contributed by atoms with Crippen LogP contribution in [-0.4, -0.2) is 42.5 Å². The van der Waals surface area contributed by atoms with Crippen molar-refractivity contribution in [3.05, 3.63) is 36.5 Å². The van der Waals surface area contributed by atoms with Gasteiger partial charge in [-0.2, -0.15) is 0 Å². The molecule has 2 aromatic rings. The van der Waals surface area contributed by atoms with Crippen molar-refractivity contribution in [2.45, 2.75) is 12.8 Å². The first-order valence-corrected chi connectivity index (χ1v) is 7.12. The van der Waals surface area contributed by atoms with Gasteiger partial charge in [-0.15, -0.1) is 0 Å². The minimum Gasteiger partial charge on any atom is -0.493 e. The predicted molar refractivity (Wildman–Crippen MR) is 83.2 cm³/mol. The van der Waals surface area contributed by atoms with E-state index in [1.165, 1.54) is 0 Å². The molecule has 1 aromatic heterocycles. The van der Waals surface area contributed by atoms with Gasteiger partial charge in [0.25, 0.3) is 0 Å². The molecule has 0 aliphatic heterocycles. The molecular formula is C16H21N3O2. The number of nitrogens with zero attached hydrogens (tertiary/aromatic N) is 2. The summed E-state index contributed by atoms with van der Waals surface area (Å²) in [4.78, 5) is 17.8. The Kier molecular flexibility index (Phi) is 5.51. The SMILES string of the molecule is CN(CCCN)C(=O)CCOc1ccc2cccnc2c1. The lowest BCUT2D eigenvalue weighted by Gasteiger charge is -2.16. The van der Waals surface area contributed by atoms with Gasteiger partial charge in [0.15, 0.2) is 0 Å². The molecule has 5 heteroatoms. The third-order valence-corrected chi connectivity index (χ3v) is 3.29. The molecule has 0 spiro atoms. The zero-order valence-corrected chi connectivity index (χ0v) is 12.3. The van der Waals surface area contributed by atoms with Crippen LogP contribution in [0.4, 0.5) is 0 Å². The van der Waals surface area contributed by atoms with Gasteiger partial charge in [-0.05, 0) is 31.2 Å². The number of carbonyl (C=O) groups is 1. The quantitative estimate of drug-likeness (QED) is 0.843. The highest BCUT2D eigenvalue weighted by Gasteiger charge is 2.08. The van der Waals surface area contributed by atoms with Gasteiger partial charge in [-0.1, -0.05) is 6.07 Å². The second-order valence-electron chi connectivity index (χ2n) is 4.91. The molecule has 0 saturated heterocycles. The highest BCUT2D eigenvalue weighted by atomic mass is 16.5. The first kappa shape index (κ1) is 15.3. The third-order valence-electron chi connectivity index (χ3n) is 3.29. The summed E-state index contributed by atoms with van der Waals surface area (Å²) in [5.74, 6) is 0.806. The summed E-state index contributed by atoms with van der Waals surface area (Å²) in [6.07, 6.45) is 2.93. The fourth-order valence-electron chi connectivity index (χ4n) is 2.04.